The third-order valence-corrected chi connectivity index (χ3v) is 6.06. The fourth-order valence-corrected chi connectivity index (χ4v) is 4.13. The Balaban J connectivity index is 1.52. The van der Waals surface area contributed by atoms with Crippen LogP contribution in [0.4, 0.5) is 5.69 Å². The number of anilines is 1. The lowest BCUT2D eigenvalue weighted by Crippen LogP contribution is -2.38. The molecular weight excluding hydrogens is 442 g/mol. The number of carbonyl (C=O) groups excluding carboxylic acids is 1. The molecule has 174 valence electrons. The Morgan fingerprint density at radius 1 is 1.24 bits per heavy atom. The number of aliphatic hydroxyl groups excluding tert-OH is 1. The van der Waals surface area contributed by atoms with Gasteiger partial charge < -0.3 is 15.2 Å². The number of piperidine rings is 1. The summed E-state index contributed by atoms with van der Waals surface area (Å²) in [5, 5.41) is 17.3. The second-order valence-electron chi connectivity index (χ2n) is 8.24. The number of rotatable bonds is 7. The normalized spacial score (nSPS) is 14.9. The number of nitrogens with one attached hydrogen (secondary N) is 1. The van der Waals surface area contributed by atoms with Crippen molar-refractivity contribution in [3.8, 4) is 17.0 Å². The number of amides is 1. The maximum Gasteiger partial charge on any atom is 0.257 e. The van der Waals surface area contributed by atoms with Crippen molar-refractivity contribution >= 4 is 23.2 Å². The molecule has 0 bridgehead atoms. The summed E-state index contributed by atoms with van der Waals surface area (Å²) < 4.78 is 7.82. The maximum absolute atomic E-state index is 12.7. The van der Waals surface area contributed by atoms with Gasteiger partial charge in [-0.05, 0) is 50.1 Å². The van der Waals surface area contributed by atoms with Gasteiger partial charge in [0, 0.05) is 49.8 Å². The molecule has 0 spiro atoms. The Kier molecular flexibility index (Phi) is 7.27. The van der Waals surface area contributed by atoms with Gasteiger partial charge in [0.1, 0.15) is 12.4 Å². The van der Waals surface area contributed by atoms with E-state index in [1.807, 2.05) is 26.1 Å². The summed E-state index contributed by atoms with van der Waals surface area (Å²) in [7, 11) is 1.81. The molecule has 33 heavy (non-hydrogen) atoms. The number of aliphatic hydroxyl groups is 1. The summed E-state index contributed by atoms with van der Waals surface area (Å²) in [5.41, 5.74) is 3.40. The molecule has 0 radical (unpaired) electrons. The number of carbonyl (C=O) groups is 1. The predicted octanol–water partition coefficient (Wildman–Crippen LogP) is 3.53. The van der Waals surface area contributed by atoms with Crippen molar-refractivity contribution in [1.29, 1.82) is 0 Å². The Bertz CT molecular complexity index is 1090. The third-order valence-electron chi connectivity index (χ3n) is 5.78. The number of hydrogen-bond donors (Lipinski definition) is 2. The van der Waals surface area contributed by atoms with Gasteiger partial charge in [0.2, 0.25) is 0 Å². The zero-order valence-corrected chi connectivity index (χ0v) is 19.5. The molecule has 2 N–H and O–H groups in total. The fraction of sp³-hybridized carbons (Fsp3) is 0.375. The van der Waals surface area contributed by atoms with E-state index in [9.17, 15) is 9.90 Å². The summed E-state index contributed by atoms with van der Waals surface area (Å²) >= 11 is 6.42. The van der Waals surface area contributed by atoms with E-state index in [1.54, 1.807) is 35.3 Å². The van der Waals surface area contributed by atoms with E-state index in [0.29, 0.717) is 34.3 Å². The Hall–Kier alpha value is -2.94. The standard InChI is InChI=1S/C24H28ClN5O3/c1-16-3-4-17(14-26-16)24(32)28-18-5-6-22(20(13-18)23-21(25)15-27-29(23)2)33-12-11-30-9-7-19(31)8-10-30/h3-6,13-15,19,31H,7-12H2,1-2H3,(H,28,32). The van der Waals surface area contributed by atoms with Crippen LogP contribution in [0, 0.1) is 6.92 Å². The first-order valence-electron chi connectivity index (χ1n) is 11.0. The monoisotopic (exact) mass is 469 g/mol. The molecule has 0 atom stereocenters. The van der Waals surface area contributed by atoms with E-state index in [1.165, 1.54) is 0 Å². The summed E-state index contributed by atoms with van der Waals surface area (Å²) in [6.45, 7) is 4.87. The lowest BCUT2D eigenvalue weighted by atomic mass is 10.1. The van der Waals surface area contributed by atoms with Gasteiger partial charge in [-0.15, -0.1) is 0 Å². The second kappa shape index (κ2) is 10.3. The van der Waals surface area contributed by atoms with Crippen LogP contribution in [0.15, 0.2) is 42.7 Å². The Morgan fingerprint density at radius 3 is 2.70 bits per heavy atom. The van der Waals surface area contributed by atoms with Crippen molar-refractivity contribution in [3.63, 3.8) is 0 Å². The third kappa shape index (κ3) is 5.71. The van der Waals surface area contributed by atoms with Crippen molar-refractivity contribution in [2.24, 2.45) is 7.05 Å². The maximum atomic E-state index is 12.7. The minimum Gasteiger partial charge on any atom is -0.492 e. The summed E-state index contributed by atoms with van der Waals surface area (Å²) in [6.07, 6.45) is 4.53. The first kappa shape index (κ1) is 23.2. The highest BCUT2D eigenvalue weighted by atomic mass is 35.5. The second-order valence-corrected chi connectivity index (χ2v) is 8.65. The van der Waals surface area contributed by atoms with Crippen LogP contribution in [0.1, 0.15) is 28.9 Å². The topological polar surface area (TPSA) is 92.5 Å². The highest BCUT2D eigenvalue weighted by Crippen LogP contribution is 2.36. The molecule has 1 saturated heterocycles. The smallest absolute Gasteiger partial charge is 0.257 e. The molecule has 1 aliphatic rings. The van der Waals surface area contributed by atoms with Crippen LogP contribution in [0.25, 0.3) is 11.3 Å². The van der Waals surface area contributed by atoms with E-state index >= 15 is 0 Å². The van der Waals surface area contributed by atoms with Crippen molar-refractivity contribution < 1.29 is 14.6 Å². The first-order chi connectivity index (χ1) is 15.9. The van der Waals surface area contributed by atoms with Gasteiger partial charge in [0.15, 0.2) is 0 Å². The average Bonchev–Trinajstić information content (AvgIpc) is 3.14. The number of pyridine rings is 1. The quantitative estimate of drug-likeness (QED) is 0.550. The van der Waals surface area contributed by atoms with Crippen molar-refractivity contribution in [2.75, 3.05) is 31.6 Å². The molecule has 0 aliphatic carbocycles. The van der Waals surface area contributed by atoms with Crippen molar-refractivity contribution in [2.45, 2.75) is 25.9 Å². The van der Waals surface area contributed by atoms with Gasteiger partial charge in [-0.25, -0.2) is 0 Å². The molecule has 1 fully saturated rings. The number of halogens is 1. The van der Waals surface area contributed by atoms with Crippen LogP contribution in [0.2, 0.25) is 5.02 Å². The van der Waals surface area contributed by atoms with Crippen LogP contribution in [0.3, 0.4) is 0 Å². The molecule has 9 heteroatoms. The molecule has 0 unspecified atom stereocenters. The SMILES string of the molecule is Cc1ccc(C(=O)Nc2ccc(OCCN3CCC(O)CC3)c(-c3c(Cl)cnn3C)c2)cn1. The minimum atomic E-state index is -0.245. The van der Waals surface area contributed by atoms with Crippen LogP contribution in [-0.4, -0.2) is 63.0 Å². The minimum absolute atomic E-state index is 0.195. The molecule has 4 rings (SSSR count). The first-order valence-corrected chi connectivity index (χ1v) is 11.4. The van der Waals surface area contributed by atoms with Crippen LogP contribution < -0.4 is 10.1 Å². The molecule has 1 aromatic carbocycles. The highest BCUT2D eigenvalue weighted by molar-refractivity contribution is 6.33. The van der Waals surface area contributed by atoms with E-state index in [-0.39, 0.29) is 12.0 Å². The molecule has 3 aromatic rings. The largest absolute Gasteiger partial charge is 0.492 e. The van der Waals surface area contributed by atoms with Crippen LogP contribution in [0.5, 0.6) is 5.75 Å². The van der Waals surface area contributed by atoms with Crippen molar-refractivity contribution in [3.05, 3.63) is 59.0 Å². The molecule has 1 aliphatic heterocycles. The summed E-state index contributed by atoms with van der Waals surface area (Å²) in [5.74, 6) is 0.415. The Labute approximate surface area is 198 Å². The number of aromatic nitrogens is 3. The van der Waals surface area contributed by atoms with E-state index in [4.69, 9.17) is 16.3 Å². The van der Waals surface area contributed by atoms with Gasteiger partial charge >= 0.3 is 0 Å². The van der Waals surface area contributed by atoms with E-state index < -0.39 is 0 Å². The highest BCUT2D eigenvalue weighted by Gasteiger charge is 2.19. The molecular formula is C24H28ClN5O3. The molecule has 1 amide bonds. The number of aryl methyl sites for hydroxylation is 2. The molecule has 8 nitrogen and oxygen atoms in total. The summed E-state index contributed by atoms with van der Waals surface area (Å²) in [4.78, 5) is 19.1. The lowest BCUT2D eigenvalue weighted by molar-refractivity contribution is 0.0755. The number of likely N-dealkylation sites (tertiary alicyclic amines) is 1. The molecule has 2 aromatic heterocycles. The average molecular weight is 470 g/mol. The van der Waals surface area contributed by atoms with E-state index in [0.717, 1.165) is 43.7 Å². The zero-order chi connectivity index (χ0) is 23.4. The zero-order valence-electron chi connectivity index (χ0n) is 18.8. The number of ether oxygens (including phenoxy) is 1. The van der Waals surface area contributed by atoms with Crippen molar-refractivity contribution in [1.82, 2.24) is 19.7 Å². The van der Waals surface area contributed by atoms with E-state index in [2.05, 4.69) is 20.3 Å². The van der Waals surface area contributed by atoms with Gasteiger partial charge in [-0.3, -0.25) is 19.4 Å². The molecule has 0 saturated carbocycles. The summed E-state index contributed by atoms with van der Waals surface area (Å²) in [6, 6.07) is 9.03. The fourth-order valence-electron chi connectivity index (χ4n) is 3.87. The Morgan fingerprint density at radius 2 is 2.03 bits per heavy atom. The number of nitrogens with zero attached hydrogens (tertiary/aromatic N) is 4. The van der Waals surface area contributed by atoms with Crippen LogP contribution in [-0.2, 0) is 7.05 Å². The predicted molar refractivity (Wildman–Crippen MR) is 128 cm³/mol. The van der Waals surface area contributed by atoms with Crippen LogP contribution >= 0.6 is 11.6 Å². The number of hydrogen-bond acceptors (Lipinski definition) is 6. The van der Waals surface area contributed by atoms with Gasteiger partial charge in [0.05, 0.1) is 28.6 Å². The van der Waals surface area contributed by atoms with Gasteiger partial charge in [-0.1, -0.05) is 11.6 Å². The lowest BCUT2D eigenvalue weighted by Gasteiger charge is -2.29. The van der Waals surface area contributed by atoms with Gasteiger partial charge in [-0.2, -0.15) is 5.10 Å². The number of benzene rings is 1. The molecule has 3 heterocycles. The van der Waals surface area contributed by atoms with Gasteiger partial charge in [0.25, 0.3) is 5.91 Å².